The molecule has 0 aliphatic carbocycles. The molecule has 1 saturated heterocycles. The van der Waals surface area contributed by atoms with Gasteiger partial charge in [-0.1, -0.05) is 43.7 Å². The van der Waals surface area contributed by atoms with E-state index in [0.717, 1.165) is 37.8 Å². The van der Waals surface area contributed by atoms with Gasteiger partial charge >= 0.3 is 0 Å². The first kappa shape index (κ1) is 25.1. The van der Waals surface area contributed by atoms with Crippen molar-refractivity contribution in [2.24, 2.45) is 0 Å². The molecule has 2 aliphatic rings. The molecule has 0 N–H and O–H groups in total. The van der Waals surface area contributed by atoms with Crippen LogP contribution in [0.5, 0.6) is 5.75 Å². The van der Waals surface area contributed by atoms with Gasteiger partial charge in [0.05, 0.1) is 6.61 Å². The summed E-state index contributed by atoms with van der Waals surface area (Å²) in [4.78, 5) is 5.25. The standard InChI is InChI=1S/C28H33NOS2.HI/c1-2-3-17-30-23-8-6-9-24(18-23)32-25-12-13-28-26(19-25)27(20-31-28)21-10-11-22-7-4-5-15-29(22)16-14-21;/h6,8-9,12-14,18-20,22H,2-5,7,10-11,15-17H2,1H3;1H. The molecule has 33 heavy (non-hydrogen) atoms. The minimum atomic E-state index is 0. The number of nitrogens with zero attached hydrogens (tertiary/aromatic N) is 1. The summed E-state index contributed by atoms with van der Waals surface area (Å²) < 4.78 is 7.30. The zero-order valence-electron chi connectivity index (χ0n) is 19.4. The predicted molar refractivity (Wildman–Crippen MR) is 155 cm³/mol. The molecular weight excluding hydrogens is 557 g/mol. The lowest BCUT2D eigenvalue weighted by Crippen LogP contribution is -2.38. The number of rotatable bonds is 7. The van der Waals surface area contributed by atoms with Crippen LogP contribution in [0.25, 0.3) is 15.7 Å². The van der Waals surface area contributed by atoms with Gasteiger partial charge in [0.2, 0.25) is 0 Å². The Morgan fingerprint density at radius 2 is 2.00 bits per heavy atom. The van der Waals surface area contributed by atoms with Gasteiger partial charge in [-0.2, -0.15) is 0 Å². The quantitative estimate of drug-likeness (QED) is 0.201. The second kappa shape index (κ2) is 12.1. The van der Waals surface area contributed by atoms with Crippen molar-refractivity contribution < 1.29 is 4.74 Å². The van der Waals surface area contributed by atoms with E-state index in [1.54, 1.807) is 5.57 Å². The molecule has 5 heteroatoms. The summed E-state index contributed by atoms with van der Waals surface area (Å²) >= 11 is 3.72. The van der Waals surface area contributed by atoms with E-state index in [0.29, 0.717) is 0 Å². The first-order chi connectivity index (χ1) is 15.8. The molecule has 0 radical (unpaired) electrons. The molecule has 0 bridgehead atoms. The Labute approximate surface area is 223 Å². The normalized spacial score (nSPS) is 18.8. The van der Waals surface area contributed by atoms with Crippen LogP contribution in [0.4, 0.5) is 0 Å². The average Bonchev–Trinajstić information content (AvgIpc) is 3.11. The SMILES string of the molecule is CCCCOc1cccc(Sc2ccc3scc(C4=CCN5CCCCC5CC4)c3c2)c1.I. The molecule has 2 nitrogen and oxygen atoms in total. The number of halogens is 1. The van der Waals surface area contributed by atoms with Crippen LogP contribution in [0.2, 0.25) is 0 Å². The van der Waals surface area contributed by atoms with Gasteiger partial charge in [0.15, 0.2) is 0 Å². The van der Waals surface area contributed by atoms with Crippen LogP contribution in [0.1, 0.15) is 57.4 Å². The van der Waals surface area contributed by atoms with Crippen LogP contribution >= 0.6 is 47.1 Å². The molecule has 0 amide bonds. The molecule has 1 unspecified atom stereocenters. The van der Waals surface area contributed by atoms with Gasteiger partial charge in [-0.3, -0.25) is 4.90 Å². The van der Waals surface area contributed by atoms with Gasteiger partial charge in [0, 0.05) is 32.5 Å². The van der Waals surface area contributed by atoms with E-state index in [1.807, 2.05) is 23.1 Å². The second-order valence-corrected chi connectivity index (χ2v) is 11.1. The Morgan fingerprint density at radius 3 is 2.91 bits per heavy atom. The highest BCUT2D eigenvalue weighted by Gasteiger charge is 2.24. The third-order valence-electron chi connectivity index (χ3n) is 6.77. The third-order valence-corrected chi connectivity index (χ3v) is 8.71. The summed E-state index contributed by atoms with van der Waals surface area (Å²) in [5.41, 5.74) is 3.02. The van der Waals surface area contributed by atoms with Crippen LogP contribution in [0.15, 0.2) is 63.7 Å². The molecule has 3 aromatic rings. The Hall–Kier alpha value is -1.02. The number of benzene rings is 2. The fourth-order valence-corrected chi connectivity index (χ4v) is 6.81. The number of hydrogen-bond acceptors (Lipinski definition) is 4. The molecular formula is C28H34INOS2. The number of hydrogen-bond donors (Lipinski definition) is 0. The Bertz CT molecular complexity index is 1090. The van der Waals surface area contributed by atoms with Crippen LogP contribution in [0, 0.1) is 0 Å². The zero-order chi connectivity index (χ0) is 21.8. The molecule has 2 aromatic carbocycles. The van der Waals surface area contributed by atoms with Crippen molar-refractivity contribution in [1.82, 2.24) is 4.90 Å². The summed E-state index contributed by atoms with van der Waals surface area (Å²) in [6.45, 7) is 5.39. The lowest BCUT2D eigenvalue weighted by Gasteiger charge is -2.33. The van der Waals surface area contributed by atoms with E-state index < -0.39 is 0 Å². The fourth-order valence-electron chi connectivity index (χ4n) is 4.94. The Kier molecular flexibility index (Phi) is 9.19. The smallest absolute Gasteiger partial charge is 0.120 e. The zero-order valence-corrected chi connectivity index (χ0v) is 23.4. The highest BCUT2D eigenvalue weighted by molar-refractivity contribution is 14.0. The van der Waals surface area contributed by atoms with E-state index in [9.17, 15) is 0 Å². The largest absolute Gasteiger partial charge is 0.494 e. The molecule has 1 atom stereocenters. The van der Waals surface area contributed by atoms with Crippen molar-refractivity contribution in [3.63, 3.8) is 0 Å². The Balaban J connectivity index is 0.00000259. The van der Waals surface area contributed by atoms with Crippen molar-refractivity contribution in [3.05, 3.63) is 59.5 Å². The fraction of sp³-hybridized carbons (Fsp3) is 0.429. The van der Waals surface area contributed by atoms with Crippen molar-refractivity contribution in [1.29, 1.82) is 0 Å². The molecule has 1 aromatic heterocycles. The van der Waals surface area contributed by atoms with Gasteiger partial charge in [0.1, 0.15) is 5.75 Å². The van der Waals surface area contributed by atoms with Crippen LogP contribution < -0.4 is 4.74 Å². The number of allylic oxidation sites excluding steroid dienone is 1. The monoisotopic (exact) mass is 591 g/mol. The lowest BCUT2D eigenvalue weighted by atomic mass is 9.95. The molecule has 1 fully saturated rings. The van der Waals surface area contributed by atoms with Gasteiger partial charge in [-0.25, -0.2) is 0 Å². The lowest BCUT2D eigenvalue weighted by molar-refractivity contribution is 0.161. The maximum atomic E-state index is 5.91. The van der Waals surface area contributed by atoms with Crippen LogP contribution in [-0.4, -0.2) is 30.6 Å². The first-order valence-electron chi connectivity index (χ1n) is 12.2. The first-order valence-corrected chi connectivity index (χ1v) is 13.8. The number of thiophene rings is 1. The molecule has 0 spiro atoms. The topological polar surface area (TPSA) is 12.5 Å². The molecule has 5 rings (SSSR count). The van der Waals surface area contributed by atoms with Gasteiger partial charge in [-0.15, -0.1) is 35.3 Å². The van der Waals surface area contributed by atoms with Crippen LogP contribution in [-0.2, 0) is 0 Å². The number of unbranched alkanes of at least 4 members (excludes halogenated alkanes) is 1. The minimum absolute atomic E-state index is 0. The molecule has 0 saturated carbocycles. The van der Waals surface area contributed by atoms with Crippen molar-refractivity contribution in [2.75, 3.05) is 19.7 Å². The third kappa shape index (κ3) is 6.16. The van der Waals surface area contributed by atoms with Crippen molar-refractivity contribution in [3.8, 4) is 5.75 Å². The minimum Gasteiger partial charge on any atom is -0.494 e. The van der Waals surface area contributed by atoms with E-state index in [1.165, 1.54) is 64.1 Å². The van der Waals surface area contributed by atoms with Crippen molar-refractivity contribution >= 4 is 62.7 Å². The Morgan fingerprint density at radius 1 is 1.09 bits per heavy atom. The average molecular weight is 592 g/mol. The molecule has 3 heterocycles. The summed E-state index contributed by atoms with van der Waals surface area (Å²) in [6, 6.07) is 16.3. The summed E-state index contributed by atoms with van der Waals surface area (Å²) in [7, 11) is 0. The highest BCUT2D eigenvalue weighted by Crippen LogP contribution is 2.39. The second-order valence-electron chi connectivity index (χ2n) is 9.00. The predicted octanol–water partition coefficient (Wildman–Crippen LogP) is 8.88. The highest BCUT2D eigenvalue weighted by atomic mass is 127. The van der Waals surface area contributed by atoms with E-state index in [-0.39, 0.29) is 24.0 Å². The number of ether oxygens (including phenoxy) is 1. The molecule has 2 aliphatic heterocycles. The summed E-state index contributed by atoms with van der Waals surface area (Å²) in [5.74, 6) is 0.973. The van der Waals surface area contributed by atoms with Crippen LogP contribution in [0.3, 0.4) is 0 Å². The van der Waals surface area contributed by atoms with Gasteiger partial charge < -0.3 is 4.74 Å². The molecule has 176 valence electrons. The van der Waals surface area contributed by atoms with E-state index >= 15 is 0 Å². The van der Waals surface area contributed by atoms with Gasteiger partial charge in [-0.05, 0) is 91.6 Å². The van der Waals surface area contributed by atoms with E-state index in [2.05, 4.69) is 65.7 Å². The van der Waals surface area contributed by atoms with E-state index in [4.69, 9.17) is 4.74 Å². The summed E-state index contributed by atoms with van der Waals surface area (Å²) in [5, 5.41) is 3.80. The summed E-state index contributed by atoms with van der Waals surface area (Å²) in [6.07, 6.45) is 11.5. The van der Waals surface area contributed by atoms with Crippen molar-refractivity contribution in [2.45, 2.75) is 67.7 Å². The maximum Gasteiger partial charge on any atom is 0.120 e. The maximum absolute atomic E-state index is 5.91. The number of fused-ring (bicyclic) bond motifs is 2. The van der Waals surface area contributed by atoms with Gasteiger partial charge in [0.25, 0.3) is 0 Å². The number of piperidine rings is 1.